The molecule has 1 N–H and O–H groups in total. The van der Waals surface area contributed by atoms with E-state index in [0.29, 0.717) is 18.5 Å². The van der Waals surface area contributed by atoms with E-state index in [1.165, 1.54) is 18.4 Å². The summed E-state index contributed by atoms with van der Waals surface area (Å²) in [6, 6.07) is 24.0. The molecule has 4 aromatic rings. The van der Waals surface area contributed by atoms with Crippen LogP contribution in [-0.4, -0.2) is 31.7 Å². The third kappa shape index (κ3) is 5.10. The predicted molar refractivity (Wildman–Crippen MR) is 131 cm³/mol. The molecule has 0 atom stereocenters. The molecule has 1 heterocycles. The Kier molecular flexibility index (Phi) is 6.65. The van der Waals surface area contributed by atoms with Crippen LogP contribution in [0.2, 0.25) is 0 Å². The van der Waals surface area contributed by atoms with E-state index >= 15 is 0 Å². The molecule has 34 heavy (non-hydrogen) atoms. The van der Waals surface area contributed by atoms with E-state index in [1.54, 1.807) is 48.5 Å². The van der Waals surface area contributed by atoms with E-state index in [4.69, 9.17) is 0 Å². The second kappa shape index (κ2) is 9.65. The van der Waals surface area contributed by atoms with Gasteiger partial charge in [-0.05, 0) is 79.1 Å². The summed E-state index contributed by atoms with van der Waals surface area (Å²) in [5.41, 5.74) is 5.07. The fourth-order valence-corrected chi connectivity index (χ4v) is 4.55. The number of carbonyl (C=O) groups excluding carboxylic acids is 1. The van der Waals surface area contributed by atoms with Crippen LogP contribution in [0.1, 0.15) is 21.6 Å². The molecule has 5 nitrogen and oxygen atoms in total. The molecule has 1 amide bonds. The maximum absolute atomic E-state index is 13.6. The molecule has 1 aromatic heterocycles. The van der Waals surface area contributed by atoms with Gasteiger partial charge in [-0.1, -0.05) is 30.3 Å². The van der Waals surface area contributed by atoms with Gasteiger partial charge in [-0.25, -0.2) is 12.8 Å². The SMILES string of the molecule is Cc1c(CCNC(=O)c2ccccc2)cc(-c2ccc(S(C)(=O)=O)cc2)n1-c1ccc(F)cc1. The number of aromatic nitrogens is 1. The van der Waals surface area contributed by atoms with Crippen molar-refractivity contribution < 1.29 is 17.6 Å². The van der Waals surface area contributed by atoms with Gasteiger partial charge in [0.2, 0.25) is 0 Å². The van der Waals surface area contributed by atoms with E-state index in [2.05, 4.69) is 5.32 Å². The molecular formula is C27H25FN2O3S. The zero-order valence-corrected chi connectivity index (χ0v) is 19.8. The summed E-state index contributed by atoms with van der Waals surface area (Å²) < 4.78 is 39.3. The summed E-state index contributed by atoms with van der Waals surface area (Å²) in [7, 11) is -3.30. The first-order valence-corrected chi connectivity index (χ1v) is 12.7. The monoisotopic (exact) mass is 476 g/mol. The van der Waals surface area contributed by atoms with Crippen molar-refractivity contribution in [3.8, 4) is 16.9 Å². The van der Waals surface area contributed by atoms with Gasteiger partial charge >= 0.3 is 0 Å². The molecule has 0 aliphatic rings. The summed E-state index contributed by atoms with van der Waals surface area (Å²) in [5, 5.41) is 2.95. The Balaban J connectivity index is 1.65. The first kappa shape index (κ1) is 23.4. The van der Waals surface area contributed by atoms with Gasteiger partial charge in [-0.3, -0.25) is 4.79 Å². The van der Waals surface area contributed by atoms with Crippen LogP contribution in [0, 0.1) is 12.7 Å². The number of halogens is 1. The fourth-order valence-electron chi connectivity index (χ4n) is 3.92. The van der Waals surface area contributed by atoms with E-state index in [9.17, 15) is 17.6 Å². The van der Waals surface area contributed by atoms with Crippen LogP contribution in [0.4, 0.5) is 4.39 Å². The van der Waals surface area contributed by atoms with Crippen molar-refractivity contribution >= 4 is 15.7 Å². The van der Waals surface area contributed by atoms with Gasteiger partial charge in [0.05, 0.1) is 10.6 Å². The van der Waals surface area contributed by atoms with E-state index in [0.717, 1.165) is 28.2 Å². The quantitative estimate of drug-likeness (QED) is 0.410. The summed E-state index contributed by atoms with van der Waals surface area (Å²) in [4.78, 5) is 12.6. The lowest BCUT2D eigenvalue weighted by atomic mass is 10.1. The number of carbonyl (C=O) groups is 1. The first-order chi connectivity index (χ1) is 16.2. The van der Waals surface area contributed by atoms with Gasteiger partial charge in [0.1, 0.15) is 5.82 Å². The highest BCUT2D eigenvalue weighted by molar-refractivity contribution is 7.90. The highest BCUT2D eigenvalue weighted by Gasteiger charge is 2.16. The summed E-state index contributed by atoms with van der Waals surface area (Å²) in [6.45, 7) is 2.43. The van der Waals surface area contributed by atoms with E-state index in [1.807, 2.05) is 35.8 Å². The second-order valence-electron chi connectivity index (χ2n) is 8.12. The number of hydrogen-bond acceptors (Lipinski definition) is 3. The van der Waals surface area contributed by atoms with Crippen LogP contribution < -0.4 is 5.32 Å². The lowest BCUT2D eigenvalue weighted by Crippen LogP contribution is -2.25. The highest BCUT2D eigenvalue weighted by atomic mass is 32.2. The first-order valence-electron chi connectivity index (χ1n) is 10.8. The molecule has 7 heteroatoms. The Hall–Kier alpha value is -3.71. The zero-order chi connectivity index (χ0) is 24.3. The largest absolute Gasteiger partial charge is 0.352 e. The van der Waals surface area contributed by atoms with Gasteiger partial charge in [-0.15, -0.1) is 0 Å². The van der Waals surface area contributed by atoms with Crippen molar-refractivity contribution in [2.24, 2.45) is 0 Å². The summed E-state index contributed by atoms with van der Waals surface area (Å²) in [6.07, 6.45) is 1.78. The Labute approximate surface area is 198 Å². The maximum Gasteiger partial charge on any atom is 0.251 e. The van der Waals surface area contributed by atoms with Crippen LogP contribution in [-0.2, 0) is 16.3 Å². The summed E-state index contributed by atoms with van der Waals surface area (Å²) in [5.74, 6) is -0.454. The van der Waals surface area contributed by atoms with Crippen molar-refractivity contribution in [2.45, 2.75) is 18.2 Å². The predicted octanol–water partition coefficient (Wildman–Crippen LogP) is 4.97. The average molecular weight is 477 g/mol. The van der Waals surface area contributed by atoms with Crippen LogP contribution in [0.5, 0.6) is 0 Å². The highest BCUT2D eigenvalue weighted by Crippen LogP contribution is 2.30. The molecule has 174 valence electrons. The Bertz CT molecular complexity index is 1410. The smallest absolute Gasteiger partial charge is 0.251 e. The Morgan fingerprint density at radius 2 is 1.59 bits per heavy atom. The molecule has 0 fully saturated rings. The molecule has 3 aromatic carbocycles. The molecular weight excluding hydrogens is 451 g/mol. The van der Waals surface area contributed by atoms with Crippen LogP contribution in [0.15, 0.2) is 89.8 Å². The number of rotatable bonds is 7. The topological polar surface area (TPSA) is 68.2 Å². The van der Waals surface area contributed by atoms with Gasteiger partial charge in [0.25, 0.3) is 5.91 Å². The minimum absolute atomic E-state index is 0.132. The van der Waals surface area contributed by atoms with Crippen LogP contribution >= 0.6 is 0 Å². The molecule has 0 unspecified atom stereocenters. The minimum Gasteiger partial charge on any atom is -0.352 e. The van der Waals surface area contributed by atoms with Gasteiger partial charge < -0.3 is 9.88 Å². The van der Waals surface area contributed by atoms with E-state index < -0.39 is 9.84 Å². The number of nitrogens with zero attached hydrogens (tertiary/aromatic N) is 1. The average Bonchev–Trinajstić information content (AvgIpc) is 3.15. The molecule has 0 aliphatic heterocycles. The number of sulfone groups is 1. The maximum atomic E-state index is 13.6. The Morgan fingerprint density at radius 1 is 0.941 bits per heavy atom. The molecule has 0 radical (unpaired) electrons. The third-order valence-electron chi connectivity index (χ3n) is 5.73. The van der Waals surface area contributed by atoms with Crippen molar-refractivity contribution in [1.82, 2.24) is 9.88 Å². The molecule has 0 saturated carbocycles. The lowest BCUT2D eigenvalue weighted by Gasteiger charge is -2.13. The van der Waals surface area contributed by atoms with Crippen molar-refractivity contribution in [3.05, 3.63) is 108 Å². The molecule has 0 spiro atoms. The molecule has 4 rings (SSSR count). The molecule has 0 bridgehead atoms. The zero-order valence-electron chi connectivity index (χ0n) is 19.0. The molecule has 0 aliphatic carbocycles. The van der Waals surface area contributed by atoms with Gasteiger partial charge in [0, 0.05) is 29.7 Å². The number of nitrogens with one attached hydrogen (secondary N) is 1. The van der Waals surface area contributed by atoms with Crippen molar-refractivity contribution in [3.63, 3.8) is 0 Å². The fraction of sp³-hybridized carbons (Fsp3) is 0.148. The summed E-state index contributed by atoms with van der Waals surface area (Å²) >= 11 is 0. The molecule has 0 saturated heterocycles. The van der Waals surface area contributed by atoms with Gasteiger partial charge in [0.15, 0.2) is 9.84 Å². The van der Waals surface area contributed by atoms with Crippen molar-refractivity contribution in [1.29, 1.82) is 0 Å². The van der Waals surface area contributed by atoms with Gasteiger partial charge in [-0.2, -0.15) is 0 Å². The van der Waals surface area contributed by atoms with Crippen LogP contribution in [0.3, 0.4) is 0 Å². The van der Waals surface area contributed by atoms with E-state index in [-0.39, 0.29) is 16.6 Å². The second-order valence-corrected chi connectivity index (χ2v) is 10.1. The van der Waals surface area contributed by atoms with Crippen molar-refractivity contribution in [2.75, 3.05) is 12.8 Å². The standard InChI is InChI=1S/C27H25FN2O3S/c1-19-22(16-17-29-27(31)21-6-4-3-5-7-21)18-26(30(19)24-12-10-23(28)11-13-24)20-8-14-25(15-9-20)34(2,32)33/h3-15,18H,16-17H2,1-2H3,(H,29,31). The number of hydrogen-bond donors (Lipinski definition) is 1. The minimum atomic E-state index is -3.30. The number of benzene rings is 3. The third-order valence-corrected chi connectivity index (χ3v) is 6.86. The normalized spacial score (nSPS) is 11.4. The van der Waals surface area contributed by atoms with Crippen LogP contribution in [0.25, 0.3) is 16.9 Å². The lowest BCUT2D eigenvalue weighted by molar-refractivity contribution is 0.0954. The Morgan fingerprint density at radius 3 is 2.21 bits per heavy atom. The number of amides is 1.